The topological polar surface area (TPSA) is 132 Å². The number of aliphatic carboxylic acids is 1. The molecule has 0 saturated carbocycles. The van der Waals surface area contributed by atoms with Crippen LogP contribution in [0.3, 0.4) is 0 Å². The third-order valence-electron chi connectivity index (χ3n) is 7.65. The highest BCUT2D eigenvalue weighted by Gasteiger charge is 2.24. The zero-order chi connectivity index (χ0) is 43.0. The van der Waals surface area contributed by atoms with Gasteiger partial charge in [0.25, 0.3) is 0 Å². The molecule has 8 nitrogen and oxygen atoms in total. The number of carboxylic acids is 1. The molecule has 0 bridgehead atoms. The first-order chi connectivity index (χ1) is 23.7. The molecule has 0 saturated heterocycles. The van der Waals surface area contributed by atoms with E-state index in [4.69, 9.17) is 9.84 Å². The first kappa shape index (κ1) is 60.3. The predicted molar refractivity (Wildman–Crippen MR) is 227 cm³/mol. The second-order valence-corrected chi connectivity index (χ2v) is 18.5. The second kappa shape index (κ2) is 28.4. The van der Waals surface area contributed by atoms with Crippen molar-refractivity contribution in [2.45, 2.75) is 184 Å². The number of hydrogen-bond donors (Lipinski definition) is 1. The predicted octanol–water partition coefficient (Wildman–Crippen LogP) is 12.2. The average Bonchev–Trinajstić information content (AvgIpc) is 3.00. The van der Waals surface area contributed by atoms with Crippen LogP contribution in [0.25, 0.3) is 0 Å². The summed E-state index contributed by atoms with van der Waals surface area (Å²) in [5, 5.41) is 8.28. The summed E-state index contributed by atoms with van der Waals surface area (Å²) in [6.07, 6.45) is 4.67. The molecule has 1 N–H and O–H groups in total. The Balaban J connectivity index is -0.000000186. The molecule has 0 spiro atoms. The Bertz CT molecular complexity index is 1210. The lowest BCUT2D eigenvalue weighted by Gasteiger charge is -2.17. The van der Waals surface area contributed by atoms with Gasteiger partial charge in [-0.15, -0.1) is 0 Å². The van der Waals surface area contributed by atoms with Gasteiger partial charge >= 0.3 is 5.97 Å². The summed E-state index contributed by atoms with van der Waals surface area (Å²) in [4.78, 5) is 66.5. The quantitative estimate of drug-likeness (QED) is 0.208. The van der Waals surface area contributed by atoms with Crippen molar-refractivity contribution in [3.05, 3.63) is 35.4 Å². The number of ketones is 5. The summed E-state index contributed by atoms with van der Waals surface area (Å²) in [6, 6.07) is 7.72. The third kappa shape index (κ3) is 33.6. The molecule has 54 heavy (non-hydrogen) atoms. The van der Waals surface area contributed by atoms with Gasteiger partial charge < -0.3 is 9.84 Å². The van der Waals surface area contributed by atoms with Crippen molar-refractivity contribution < 1.29 is 38.6 Å². The van der Waals surface area contributed by atoms with Gasteiger partial charge in [-0.25, -0.2) is 0 Å². The average molecular weight is 765 g/mol. The summed E-state index contributed by atoms with van der Waals surface area (Å²) in [5.74, 6) is 0.210. The third-order valence-corrected chi connectivity index (χ3v) is 7.65. The van der Waals surface area contributed by atoms with Crippen LogP contribution in [-0.2, 0) is 28.7 Å². The van der Waals surface area contributed by atoms with Crippen molar-refractivity contribution in [3.8, 4) is 0 Å². The van der Waals surface area contributed by atoms with Gasteiger partial charge in [-0.05, 0) is 32.3 Å². The maximum Gasteiger partial charge on any atom is 0.303 e. The standard InChI is InChI=1S/C12H16O.C9H18O.C8H14O3.C8H16O2.C8H16O.CH4/c1-9-7-5-6-8-10(9)11(13)12(2,3)4;1-5-6-7-8(10)9(2,3)4;1-8(2,3)6(9)4-5-7(10)11;1-5-10-6-7(9)8(2,3)4;1-5-6-7(9)8(2,3)4;/h5-8H,1-4H3;5-7H2,1-4H3;4-5H2,1-3H3,(H,10,11);5-6H2,1-4H3;5-6H2,1-4H3;1H4. The minimum atomic E-state index is -0.914. The van der Waals surface area contributed by atoms with Gasteiger partial charge in [0.2, 0.25) is 0 Å². The van der Waals surface area contributed by atoms with Gasteiger partial charge in [-0.2, -0.15) is 0 Å². The van der Waals surface area contributed by atoms with E-state index in [-0.39, 0.29) is 65.9 Å². The zero-order valence-corrected chi connectivity index (χ0v) is 37.5. The number of aryl methyl sites for hydroxylation is 1. The van der Waals surface area contributed by atoms with Crippen molar-refractivity contribution in [3.63, 3.8) is 0 Å². The van der Waals surface area contributed by atoms with Crippen LogP contribution in [-0.4, -0.2) is 53.2 Å². The minimum absolute atomic E-state index is 0. The first-order valence-electron chi connectivity index (χ1n) is 19.2. The summed E-state index contributed by atoms with van der Waals surface area (Å²) < 4.78 is 4.97. The Morgan fingerprint density at radius 2 is 0.926 bits per heavy atom. The van der Waals surface area contributed by atoms with E-state index >= 15 is 0 Å². The molecule has 0 unspecified atom stereocenters. The molecular weight excluding hydrogens is 680 g/mol. The van der Waals surface area contributed by atoms with Gasteiger partial charge in [0.1, 0.15) is 24.0 Å². The molecule has 316 valence electrons. The molecule has 0 aliphatic rings. The van der Waals surface area contributed by atoms with Gasteiger partial charge in [-0.1, -0.05) is 156 Å². The normalized spacial score (nSPS) is 11.2. The number of Topliss-reactive ketones (excluding diaryl/α,β-unsaturated/α-hetero) is 5. The van der Waals surface area contributed by atoms with Crippen LogP contribution in [0.5, 0.6) is 0 Å². The van der Waals surface area contributed by atoms with Crippen LogP contribution in [0, 0.1) is 34.0 Å². The molecule has 0 radical (unpaired) electrons. The zero-order valence-electron chi connectivity index (χ0n) is 37.5. The lowest BCUT2D eigenvalue weighted by molar-refractivity contribution is -0.139. The van der Waals surface area contributed by atoms with E-state index in [1.165, 1.54) is 0 Å². The number of unbranched alkanes of at least 4 members (excludes halogenated alkanes) is 1. The summed E-state index contributed by atoms with van der Waals surface area (Å²) in [7, 11) is 0. The number of carbonyl (C=O) groups excluding carboxylic acids is 5. The molecule has 8 heteroatoms. The maximum atomic E-state index is 11.9. The fourth-order valence-corrected chi connectivity index (χ4v) is 3.55. The van der Waals surface area contributed by atoms with E-state index in [0.717, 1.165) is 43.2 Å². The van der Waals surface area contributed by atoms with Gasteiger partial charge in [0.15, 0.2) is 11.6 Å². The number of ether oxygens (including phenoxy) is 1. The van der Waals surface area contributed by atoms with E-state index in [2.05, 4.69) is 6.92 Å². The van der Waals surface area contributed by atoms with Gasteiger partial charge in [0.05, 0.1) is 6.42 Å². The second-order valence-electron chi connectivity index (χ2n) is 18.5. The highest BCUT2D eigenvalue weighted by Crippen LogP contribution is 2.23. The molecular formula is C46H84O8. The monoisotopic (exact) mass is 765 g/mol. The fraction of sp³-hybridized carbons (Fsp3) is 0.739. The molecule has 0 aromatic heterocycles. The number of carbonyl (C=O) groups is 6. The molecule has 0 atom stereocenters. The van der Waals surface area contributed by atoms with Crippen molar-refractivity contribution in [1.29, 1.82) is 0 Å². The summed E-state index contributed by atoms with van der Waals surface area (Å²) in [6.45, 7) is 37.6. The number of hydrogen-bond acceptors (Lipinski definition) is 7. The number of benzene rings is 1. The summed E-state index contributed by atoms with van der Waals surface area (Å²) in [5.41, 5.74) is 0.694. The van der Waals surface area contributed by atoms with Crippen LogP contribution in [0.4, 0.5) is 0 Å². The van der Waals surface area contributed by atoms with E-state index < -0.39 is 11.4 Å². The number of rotatable bonds is 12. The Morgan fingerprint density at radius 3 is 1.22 bits per heavy atom. The van der Waals surface area contributed by atoms with Crippen LogP contribution in [0.1, 0.15) is 193 Å². The molecule has 0 heterocycles. The highest BCUT2D eigenvalue weighted by molar-refractivity contribution is 6.00. The van der Waals surface area contributed by atoms with Crippen LogP contribution in [0.15, 0.2) is 24.3 Å². The largest absolute Gasteiger partial charge is 0.481 e. The Hall–Kier alpha value is -3.00. The highest BCUT2D eigenvalue weighted by atomic mass is 16.5. The lowest BCUT2D eigenvalue weighted by atomic mass is 9.85. The smallest absolute Gasteiger partial charge is 0.303 e. The minimum Gasteiger partial charge on any atom is -0.481 e. The summed E-state index contributed by atoms with van der Waals surface area (Å²) >= 11 is 0. The van der Waals surface area contributed by atoms with Crippen molar-refractivity contribution in [2.75, 3.05) is 13.2 Å². The maximum absolute atomic E-state index is 11.9. The molecule has 1 aromatic carbocycles. The molecule has 0 fully saturated rings. The van der Waals surface area contributed by atoms with E-state index in [1.807, 2.05) is 128 Å². The fourth-order valence-electron chi connectivity index (χ4n) is 3.55. The molecule has 1 aromatic rings. The van der Waals surface area contributed by atoms with Crippen LogP contribution >= 0.6 is 0 Å². The first-order valence-corrected chi connectivity index (χ1v) is 19.2. The van der Waals surface area contributed by atoms with Gasteiger partial charge in [-0.3, -0.25) is 28.8 Å². The lowest BCUT2D eigenvalue weighted by Crippen LogP contribution is -2.24. The van der Waals surface area contributed by atoms with Crippen molar-refractivity contribution in [1.82, 2.24) is 0 Å². The Morgan fingerprint density at radius 1 is 0.537 bits per heavy atom. The van der Waals surface area contributed by atoms with Crippen LogP contribution in [0.2, 0.25) is 0 Å². The van der Waals surface area contributed by atoms with E-state index in [1.54, 1.807) is 20.8 Å². The van der Waals surface area contributed by atoms with E-state index in [9.17, 15) is 28.8 Å². The molecule has 0 aliphatic heterocycles. The number of carboxylic acid groups (broad SMARTS) is 1. The Kier molecular flexibility index (Phi) is 31.7. The van der Waals surface area contributed by atoms with Gasteiger partial charge in [0, 0.05) is 58.5 Å². The molecule has 1 rings (SSSR count). The molecule has 0 aliphatic carbocycles. The van der Waals surface area contributed by atoms with Crippen molar-refractivity contribution >= 4 is 34.9 Å². The van der Waals surface area contributed by atoms with Crippen LogP contribution < -0.4 is 0 Å². The molecule has 0 amide bonds. The van der Waals surface area contributed by atoms with E-state index in [0.29, 0.717) is 18.2 Å². The van der Waals surface area contributed by atoms with Crippen molar-refractivity contribution in [2.24, 2.45) is 27.1 Å². The Labute approximate surface area is 332 Å². The SMILES string of the molecule is C.CC(C)(C)C(=O)CCC(=O)O.CCCC(=O)C(C)(C)C.CCCCC(=O)C(C)(C)C.CCOCC(=O)C(C)(C)C.Cc1ccccc1C(=O)C(C)(C)C.